The van der Waals surface area contributed by atoms with E-state index in [9.17, 15) is 5.11 Å². The first kappa shape index (κ1) is 9.09. The number of aromatic nitrogens is 1. The van der Waals surface area contributed by atoms with E-state index in [0.29, 0.717) is 0 Å². The van der Waals surface area contributed by atoms with Gasteiger partial charge in [0.15, 0.2) is 0 Å². The van der Waals surface area contributed by atoms with Gasteiger partial charge in [0.2, 0.25) is 0 Å². The number of anilines is 1. The second-order valence-electron chi connectivity index (χ2n) is 3.52. The predicted octanol–water partition coefficient (Wildman–Crippen LogP) is 1.93. The van der Waals surface area contributed by atoms with Crippen molar-refractivity contribution in [3.05, 3.63) is 30.5 Å². The van der Waals surface area contributed by atoms with Crippen molar-refractivity contribution in [2.75, 3.05) is 5.32 Å². The molecule has 2 rings (SSSR count). The summed E-state index contributed by atoms with van der Waals surface area (Å²) in [6, 6.07) is 8.11. The molecule has 0 aliphatic heterocycles. The largest absolute Gasteiger partial charge is 0.374 e. The van der Waals surface area contributed by atoms with Gasteiger partial charge in [-0.05, 0) is 30.5 Å². The smallest absolute Gasteiger partial charge is 0.121 e. The third-order valence-corrected chi connectivity index (χ3v) is 2.26. The molecule has 0 saturated heterocycles. The molecule has 0 radical (unpaired) electrons. The molecule has 1 aromatic carbocycles. The summed E-state index contributed by atoms with van der Waals surface area (Å²) in [4.78, 5) is 0. The number of fused-ring (bicyclic) bond motifs is 1. The molecule has 1 atom stereocenters. The van der Waals surface area contributed by atoms with Gasteiger partial charge in [0.25, 0.3) is 0 Å². The zero-order chi connectivity index (χ0) is 10.1. The van der Waals surface area contributed by atoms with Crippen molar-refractivity contribution in [3.8, 4) is 0 Å². The normalized spacial score (nSPS) is 13.1. The third-order valence-electron chi connectivity index (χ3n) is 2.26. The van der Waals surface area contributed by atoms with Crippen LogP contribution in [-0.2, 0) is 7.05 Å². The molecule has 0 aliphatic rings. The SMILES string of the molecule is CC(O)Nc1ccc2ccn(C)c2c1. The first-order valence-electron chi connectivity index (χ1n) is 4.66. The van der Waals surface area contributed by atoms with Crippen LogP contribution in [-0.4, -0.2) is 15.9 Å². The summed E-state index contributed by atoms with van der Waals surface area (Å²) in [6.45, 7) is 1.70. The van der Waals surface area contributed by atoms with Crippen LogP contribution in [0.15, 0.2) is 30.5 Å². The minimum absolute atomic E-state index is 0.521. The van der Waals surface area contributed by atoms with Gasteiger partial charge in [-0.25, -0.2) is 0 Å². The Morgan fingerprint density at radius 3 is 2.86 bits per heavy atom. The van der Waals surface area contributed by atoms with Crippen LogP contribution in [0.1, 0.15) is 6.92 Å². The fraction of sp³-hybridized carbons (Fsp3) is 0.273. The first-order valence-corrected chi connectivity index (χ1v) is 4.66. The average Bonchev–Trinajstić information content (AvgIpc) is 2.47. The van der Waals surface area contributed by atoms with Crippen LogP contribution in [0, 0.1) is 0 Å². The number of aliphatic hydroxyl groups excluding tert-OH is 1. The molecule has 0 amide bonds. The van der Waals surface area contributed by atoms with Crippen LogP contribution >= 0.6 is 0 Å². The summed E-state index contributed by atoms with van der Waals surface area (Å²) >= 11 is 0. The lowest BCUT2D eigenvalue weighted by Gasteiger charge is -2.09. The number of benzene rings is 1. The van der Waals surface area contributed by atoms with Gasteiger partial charge in [-0.15, -0.1) is 0 Å². The standard InChI is InChI=1S/C11H14N2O/c1-8(14)12-10-4-3-9-5-6-13(2)11(9)7-10/h3-8,12,14H,1-2H3. The van der Waals surface area contributed by atoms with E-state index in [1.807, 2.05) is 31.4 Å². The Morgan fingerprint density at radius 2 is 2.14 bits per heavy atom. The number of hydrogen-bond donors (Lipinski definition) is 2. The maximum absolute atomic E-state index is 9.18. The molecule has 3 nitrogen and oxygen atoms in total. The second kappa shape index (κ2) is 3.35. The van der Waals surface area contributed by atoms with Crippen molar-refractivity contribution in [1.29, 1.82) is 0 Å². The molecule has 0 spiro atoms. The van der Waals surface area contributed by atoms with E-state index in [0.717, 1.165) is 11.2 Å². The molecule has 1 aromatic heterocycles. The van der Waals surface area contributed by atoms with Crippen LogP contribution in [0.2, 0.25) is 0 Å². The van der Waals surface area contributed by atoms with Gasteiger partial charge in [0.05, 0.1) is 0 Å². The maximum Gasteiger partial charge on any atom is 0.121 e. The predicted molar refractivity (Wildman–Crippen MR) is 58.2 cm³/mol. The van der Waals surface area contributed by atoms with Crippen LogP contribution < -0.4 is 5.32 Å². The summed E-state index contributed by atoms with van der Waals surface area (Å²) < 4.78 is 2.06. The van der Waals surface area contributed by atoms with Crippen molar-refractivity contribution in [2.24, 2.45) is 7.05 Å². The molecular weight excluding hydrogens is 176 g/mol. The number of nitrogens with one attached hydrogen (secondary N) is 1. The van der Waals surface area contributed by atoms with E-state index in [1.54, 1.807) is 6.92 Å². The van der Waals surface area contributed by atoms with Gasteiger partial charge in [-0.2, -0.15) is 0 Å². The molecule has 74 valence electrons. The lowest BCUT2D eigenvalue weighted by Crippen LogP contribution is -2.13. The van der Waals surface area contributed by atoms with Crippen LogP contribution in [0.3, 0.4) is 0 Å². The highest BCUT2D eigenvalue weighted by Crippen LogP contribution is 2.19. The number of aliphatic hydroxyl groups is 1. The minimum Gasteiger partial charge on any atom is -0.374 e. The Morgan fingerprint density at radius 1 is 1.36 bits per heavy atom. The van der Waals surface area contributed by atoms with E-state index in [1.165, 1.54) is 5.39 Å². The summed E-state index contributed by atoms with van der Waals surface area (Å²) in [5.41, 5.74) is 2.10. The Kier molecular flexibility index (Phi) is 2.17. The fourth-order valence-corrected chi connectivity index (χ4v) is 1.59. The lowest BCUT2D eigenvalue weighted by atomic mass is 10.2. The van der Waals surface area contributed by atoms with Crippen LogP contribution in [0.25, 0.3) is 10.9 Å². The van der Waals surface area contributed by atoms with E-state index < -0.39 is 6.23 Å². The van der Waals surface area contributed by atoms with E-state index >= 15 is 0 Å². The van der Waals surface area contributed by atoms with Crippen LogP contribution in [0.5, 0.6) is 0 Å². The molecule has 14 heavy (non-hydrogen) atoms. The zero-order valence-corrected chi connectivity index (χ0v) is 8.36. The molecule has 2 aromatic rings. The quantitative estimate of drug-likeness (QED) is 0.710. The molecule has 0 aliphatic carbocycles. The van der Waals surface area contributed by atoms with E-state index in [-0.39, 0.29) is 0 Å². The summed E-state index contributed by atoms with van der Waals surface area (Å²) in [5.74, 6) is 0. The molecule has 2 N–H and O–H groups in total. The van der Waals surface area contributed by atoms with Crippen molar-refractivity contribution >= 4 is 16.6 Å². The van der Waals surface area contributed by atoms with Gasteiger partial charge < -0.3 is 15.0 Å². The van der Waals surface area contributed by atoms with E-state index in [2.05, 4.69) is 16.0 Å². The number of rotatable bonds is 2. The van der Waals surface area contributed by atoms with Gasteiger partial charge in [-0.1, -0.05) is 6.07 Å². The molecule has 0 saturated carbocycles. The highest BCUT2D eigenvalue weighted by atomic mass is 16.3. The van der Waals surface area contributed by atoms with Crippen molar-refractivity contribution in [3.63, 3.8) is 0 Å². The Hall–Kier alpha value is -1.48. The molecule has 3 heteroatoms. The van der Waals surface area contributed by atoms with Gasteiger partial charge in [-0.3, -0.25) is 0 Å². The van der Waals surface area contributed by atoms with Crippen molar-refractivity contribution in [1.82, 2.24) is 4.57 Å². The Labute approximate surface area is 83.0 Å². The third kappa shape index (κ3) is 1.59. The maximum atomic E-state index is 9.18. The summed E-state index contributed by atoms with van der Waals surface area (Å²) in [5, 5.41) is 13.3. The molecular formula is C11H14N2O. The van der Waals surface area contributed by atoms with Gasteiger partial charge in [0.1, 0.15) is 6.23 Å². The lowest BCUT2D eigenvalue weighted by molar-refractivity contribution is 0.224. The summed E-state index contributed by atoms with van der Waals surface area (Å²) in [6.07, 6.45) is 1.50. The van der Waals surface area contributed by atoms with Crippen LogP contribution in [0.4, 0.5) is 5.69 Å². The number of nitrogens with zero attached hydrogens (tertiary/aromatic N) is 1. The van der Waals surface area contributed by atoms with Gasteiger partial charge in [0, 0.05) is 24.4 Å². The van der Waals surface area contributed by atoms with Crippen molar-refractivity contribution in [2.45, 2.75) is 13.2 Å². The molecule has 1 unspecified atom stereocenters. The van der Waals surface area contributed by atoms with Crippen molar-refractivity contribution < 1.29 is 5.11 Å². The zero-order valence-electron chi connectivity index (χ0n) is 8.36. The molecule has 0 fully saturated rings. The second-order valence-corrected chi connectivity index (χ2v) is 3.52. The highest BCUT2D eigenvalue weighted by Gasteiger charge is 2.00. The molecule has 1 heterocycles. The Balaban J connectivity index is 2.44. The minimum atomic E-state index is -0.521. The first-order chi connectivity index (χ1) is 6.66. The fourth-order valence-electron chi connectivity index (χ4n) is 1.59. The Bertz CT molecular complexity index is 445. The molecule has 0 bridgehead atoms. The summed E-state index contributed by atoms with van der Waals surface area (Å²) in [7, 11) is 2.01. The number of aryl methyl sites for hydroxylation is 1. The topological polar surface area (TPSA) is 37.2 Å². The highest BCUT2D eigenvalue weighted by molar-refractivity contribution is 5.83. The average molecular weight is 190 g/mol. The monoisotopic (exact) mass is 190 g/mol. The number of hydrogen-bond acceptors (Lipinski definition) is 2. The van der Waals surface area contributed by atoms with Gasteiger partial charge >= 0.3 is 0 Å². The van der Waals surface area contributed by atoms with E-state index in [4.69, 9.17) is 0 Å².